The Bertz CT molecular complexity index is 4270. The highest BCUT2D eigenvalue weighted by atomic mass is 15.0. The Labute approximate surface area is 482 Å². The number of aryl methyl sites for hydroxylation is 11. The van der Waals surface area contributed by atoms with Crippen molar-refractivity contribution >= 4 is 43.6 Å². The summed E-state index contributed by atoms with van der Waals surface area (Å²) in [5, 5.41) is 5.20. The first kappa shape index (κ1) is 57.1. The zero-order valence-corrected chi connectivity index (χ0v) is 50.7. The van der Waals surface area contributed by atoms with E-state index >= 15 is 0 Å². The Kier molecular flexibility index (Phi) is 17.5. The van der Waals surface area contributed by atoms with Crippen molar-refractivity contribution in [3.05, 3.63) is 262 Å². The monoisotopic (exact) mass is 1060 g/mol. The fourth-order valence-electron chi connectivity index (χ4n) is 11.8. The van der Waals surface area contributed by atoms with Crippen molar-refractivity contribution < 1.29 is 18.3 Å². The summed E-state index contributed by atoms with van der Waals surface area (Å²) in [6.07, 6.45) is 1.12. The highest BCUT2D eigenvalue weighted by molar-refractivity contribution is 5.83. The predicted molar refractivity (Wildman–Crippen MR) is 343 cm³/mol. The van der Waals surface area contributed by atoms with Crippen LogP contribution in [-0.2, 0) is 34.6 Å². The molecule has 0 bridgehead atoms. The van der Waals surface area contributed by atoms with Gasteiger partial charge >= 0.3 is 0 Å². The molecule has 12 rings (SSSR count). The molecule has 81 heavy (non-hydrogen) atoms. The lowest BCUT2D eigenvalue weighted by molar-refractivity contribution is -0.633. The van der Waals surface area contributed by atoms with Crippen molar-refractivity contribution in [2.24, 2.45) is 34.1 Å². The van der Waals surface area contributed by atoms with E-state index in [1.165, 1.54) is 144 Å². The van der Waals surface area contributed by atoms with Gasteiger partial charge in [0.1, 0.15) is 28.2 Å². The van der Waals surface area contributed by atoms with Crippen molar-refractivity contribution in [2.75, 3.05) is 0 Å². The van der Waals surface area contributed by atoms with Crippen LogP contribution in [-0.4, -0.2) is 0 Å². The van der Waals surface area contributed by atoms with Gasteiger partial charge in [0.2, 0.25) is 44.8 Å². The molecule has 0 saturated heterocycles. The summed E-state index contributed by atoms with van der Waals surface area (Å²) in [6.45, 7) is 24.2. The first-order valence-corrected chi connectivity index (χ1v) is 28.7. The Morgan fingerprint density at radius 1 is 0.296 bits per heavy atom. The standard InChI is InChI=1S/C23H28N.C19H20N.C18H18N.C17H16N/c1-15(2)12-19-8-7-9-22-20(19)10-11-23(24(22)6)21-14-16(3)13-17(4)18(21)5;1-13-11-14(2)15(3)17(12-13)19-10-9-16-7-5-6-8-18(16)20(19)4;1-13-8-10-16(14(2)12-13)18-11-9-15-6-4-5-7-17(15)19(18)3;1-13-7-3-5-9-15(13)17-12-11-14-8-4-6-10-16(14)18(17)2/h7-11,13-15H,12H2,1-6H3;5-12H,1-4H3;4-12H,1-3H3;3-12H,1-2H3/q4*+1. The SMILES string of the molecule is Cc1cc(C)c(C)c(-c2ccc3c(CC(C)C)cccc3[n+]2C)c1.Cc1cc(C)c(C)c(-c2ccc3ccccc3[n+]2C)c1.Cc1ccc(-c2ccc3ccccc3[n+]2C)c(C)c1.Cc1ccccc1-c1ccc2ccccc2[n+]1C. The van der Waals surface area contributed by atoms with Crippen molar-refractivity contribution in [3.8, 4) is 45.0 Å². The summed E-state index contributed by atoms with van der Waals surface area (Å²) < 4.78 is 9.17. The third-order valence-electron chi connectivity index (χ3n) is 16.4. The van der Waals surface area contributed by atoms with Gasteiger partial charge in [-0.25, -0.2) is 0 Å². The summed E-state index contributed by atoms with van der Waals surface area (Å²) in [7, 11) is 8.60. The lowest BCUT2D eigenvalue weighted by Crippen LogP contribution is -2.32. The van der Waals surface area contributed by atoms with Gasteiger partial charge in [-0.05, 0) is 180 Å². The fourth-order valence-corrected chi connectivity index (χ4v) is 11.8. The van der Waals surface area contributed by atoms with Crippen LogP contribution in [0.25, 0.3) is 88.6 Å². The predicted octanol–water partition coefficient (Wildman–Crippen LogP) is 17.3. The van der Waals surface area contributed by atoms with E-state index in [0.29, 0.717) is 5.92 Å². The molecule has 0 saturated carbocycles. The quantitative estimate of drug-likeness (QED) is 0.148. The lowest BCUT2D eigenvalue weighted by atomic mass is 9.95. The maximum atomic E-state index is 2.35. The smallest absolute Gasteiger partial charge is 0.194 e. The summed E-state index contributed by atoms with van der Waals surface area (Å²) in [5.41, 5.74) is 28.9. The van der Waals surface area contributed by atoms with Crippen molar-refractivity contribution in [1.29, 1.82) is 0 Å². The molecule has 0 atom stereocenters. The van der Waals surface area contributed by atoms with Crippen LogP contribution in [0.5, 0.6) is 0 Å². The van der Waals surface area contributed by atoms with Crippen LogP contribution in [0.2, 0.25) is 0 Å². The number of fused-ring (bicyclic) bond motifs is 4. The maximum Gasteiger partial charge on any atom is 0.213 e. The molecule has 0 N–H and O–H groups in total. The molecular formula is C77H82N4+4. The summed E-state index contributed by atoms with van der Waals surface area (Å²) >= 11 is 0. The second kappa shape index (κ2) is 24.8. The van der Waals surface area contributed by atoms with Crippen molar-refractivity contribution in [1.82, 2.24) is 0 Å². The molecule has 0 radical (unpaired) electrons. The van der Waals surface area contributed by atoms with Crippen LogP contribution in [0, 0.1) is 68.2 Å². The Morgan fingerprint density at radius 2 is 0.679 bits per heavy atom. The molecule has 0 aliphatic carbocycles. The average Bonchev–Trinajstić information content (AvgIpc) is 3.51. The number of hydrogen-bond acceptors (Lipinski definition) is 0. The second-order valence-corrected chi connectivity index (χ2v) is 22.9. The van der Waals surface area contributed by atoms with Gasteiger partial charge in [0.15, 0.2) is 0 Å². The fraction of sp³-hybridized carbons (Fsp3) is 0.221. The molecule has 4 nitrogen and oxygen atoms in total. The van der Waals surface area contributed by atoms with E-state index in [2.05, 4.69) is 329 Å². The van der Waals surface area contributed by atoms with Crippen molar-refractivity contribution in [3.63, 3.8) is 0 Å². The van der Waals surface area contributed by atoms with E-state index < -0.39 is 0 Å². The molecule has 0 unspecified atom stereocenters. The van der Waals surface area contributed by atoms with Crippen LogP contribution in [0.1, 0.15) is 69.5 Å². The summed E-state index contributed by atoms with van der Waals surface area (Å²) in [6, 6.07) is 74.3. The van der Waals surface area contributed by atoms with E-state index in [1.54, 1.807) is 0 Å². The van der Waals surface area contributed by atoms with Gasteiger partial charge < -0.3 is 0 Å². The second-order valence-electron chi connectivity index (χ2n) is 22.9. The average molecular weight is 1060 g/mol. The van der Waals surface area contributed by atoms with E-state index in [0.717, 1.165) is 6.42 Å². The Balaban J connectivity index is 0.000000131. The van der Waals surface area contributed by atoms with Gasteiger partial charge in [-0.2, -0.15) is 18.3 Å². The molecule has 0 fully saturated rings. The third kappa shape index (κ3) is 12.4. The van der Waals surface area contributed by atoms with Crippen LogP contribution < -0.4 is 18.3 Å². The first-order chi connectivity index (χ1) is 38.9. The van der Waals surface area contributed by atoms with E-state index in [-0.39, 0.29) is 0 Å². The maximum absolute atomic E-state index is 2.35. The minimum atomic E-state index is 0.669. The van der Waals surface area contributed by atoms with Crippen molar-refractivity contribution in [2.45, 2.75) is 82.6 Å². The zero-order valence-electron chi connectivity index (χ0n) is 50.7. The van der Waals surface area contributed by atoms with Crippen LogP contribution in [0.3, 0.4) is 0 Å². The van der Waals surface area contributed by atoms with Gasteiger partial charge in [-0.1, -0.05) is 122 Å². The molecule has 12 aromatic rings. The number of pyridine rings is 4. The molecule has 0 aliphatic rings. The number of nitrogens with zero attached hydrogens (tertiary/aromatic N) is 4. The lowest BCUT2D eigenvalue weighted by Gasteiger charge is -2.12. The Hall–Kier alpha value is -8.60. The summed E-state index contributed by atoms with van der Waals surface area (Å²) in [5.74, 6) is 0.669. The molecule has 8 aromatic carbocycles. The molecule has 0 amide bonds. The molecule has 4 heterocycles. The third-order valence-corrected chi connectivity index (χ3v) is 16.4. The van der Waals surface area contributed by atoms with Gasteiger partial charge in [-0.3, -0.25) is 0 Å². The number of benzene rings is 8. The molecule has 4 aromatic heterocycles. The van der Waals surface area contributed by atoms with E-state index in [9.17, 15) is 0 Å². The minimum Gasteiger partial charge on any atom is -0.194 e. The Morgan fingerprint density at radius 3 is 1.14 bits per heavy atom. The number of rotatable bonds is 6. The number of para-hydroxylation sites is 3. The zero-order chi connectivity index (χ0) is 57.6. The van der Waals surface area contributed by atoms with Gasteiger partial charge in [-0.15, -0.1) is 0 Å². The molecule has 4 heteroatoms. The number of aromatic nitrogens is 4. The van der Waals surface area contributed by atoms with Gasteiger partial charge in [0, 0.05) is 92.3 Å². The normalized spacial score (nSPS) is 11.1. The molecule has 0 spiro atoms. The molecule has 0 aliphatic heterocycles. The van der Waals surface area contributed by atoms with E-state index in [4.69, 9.17) is 0 Å². The largest absolute Gasteiger partial charge is 0.213 e. The van der Waals surface area contributed by atoms with Crippen LogP contribution in [0.4, 0.5) is 0 Å². The van der Waals surface area contributed by atoms with Crippen LogP contribution >= 0.6 is 0 Å². The van der Waals surface area contributed by atoms with E-state index in [1.807, 2.05) is 0 Å². The van der Waals surface area contributed by atoms with Gasteiger partial charge in [0.25, 0.3) is 0 Å². The van der Waals surface area contributed by atoms with Gasteiger partial charge in [0.05, 0.1) is 0 Å². The highest BCUT2D eigenvalue weighted by Gasteiger charge is 2.21. The number of hydrogen-bond donors (Lipinski definition) is 0. The molecular weight excluding hydrogens is 981 g/mol. The first-order valence-electron chi connectivity index (χ1n) is 28.7. The van der Waals surface area contributed by atoms with Crippen LogP contribution in [0.15, 0.2) is 206 Å². The topological polar surface area (TPSA) is 15.5 Å². The molecule has 406 valence electrons. The minimum absolute atomic E-state index is 0.669. The summed E-state index contributed by atoms with van der Waals surface area (Å²) in [4.78, 5) is 0. The highest BCUT2D eigenvalue weighted by Crippen LogP contribution is 2.30.